The van der Waals surface area contributed by atoms with Crippen molar-refractivity contribution in [3.05, 3.63) is 16.0 Å². The zero-order valence-electron chi connectivity index (χ0n) is 9.37. The van der Waals surface area contributed by atoms with E-state index >= 15 is 0 Å². The standard InChI is InChI=1S/C10H19N3O/c1-5-12-8(4)9(11)10(14)13(12)6-7(2)3/h7H,5-6,11H2,1-4H3. The molecule has 1 aromatic heterocycles. The number of nitrogen functional groups attached to an aromatic ring is 1. The van der Waals surface area contributed by atoms with Crippen LogP contribution >= 0.6 is 0 Å². The lowest BCUT2D eigenvalue weighted by Gasteiger charge is -2.12. The minimum absolute atomic E-state index is 0.0574. The number of aromatic nitrogens is 2. The highest BCUT2D eigenvalue weighted by Gasteiger charge is 2.13. The monoisotopic (exact) mass is 197 g/mol. The smallest absolute Gasteiger partial charge is 0.290 e. The first-order chi connectivity index (χ1) is 6.49. The quantitative estimate of drug-likeness (QED) is 0.792. The van der Waals surface area contributed by atoms with Crippen LogP contribution in [0.5, 0.6) is 0 Å². The molecule has 4 heteroatoms. The van der Waals surface area contributed by atoms with Gasteiger partial charge in [-0.25, -0.2) is 4.68 Å². The second-order valence-corrected chi connectivity index (χ2v) is 4.00. The van der Waals surface area contributed by atoms with E-state index in [0.29, 0.717) is 11.6 Å². The summed E-state index contributed by atoms with van der Waals surface area (Å²) in [6, 6.07) is 0. The van der Waals surface area contributed by atoms with Gasteiger partial charge in [0.1, 0.15) is 5.69 Å². The van der Waals surface area contributed by atoms with Crippen LogP contribution in [0.4, 0.5) is 5.69 Å². The van der Waals surface area contributed by atoms with Gasteiger partial charge >= 0.3 is 0 Å². The molecule has 1 aromatic rings. The van der Waals surface area contributed by atoms with Gasteiger partial charge in [-0.1, -0.05) is 13.8 Å². The molecule has 4 nitrogen and oxygen atoms in total. The van der Waals surface area contributed by atoms with E-state index in [-0.39, 0.29) is 5.56 Å². The van der Waals surface area contributed by atoms with Crippen molar-refractivity contribution in [2.24, 2.45) is 5.92 Å². The highest BCUT2D eigenvalue weighted by Crippen LogP contribution is 2.08. The Morgan fingerprint density at radius 3 is 2.36 bits per heavy atom. The van der Waals surface area contributed by atoms with Gasteiger partial charge < -0.3 is 5.73 Å². The molecule has 1 heterocycles. The van der Waals surface area contributed by atoms with E-state index in [9.17, 15) is 4.79 Å². The Bertz CT molecular complexity index is 373. The molecular formula is C10H19N3O. The van der Waals surface area contributed by atoms with E-state index in [2.05, 4.69) is 13.8 Å². The third-order valence-electron chi connectivity index (χ3n) is 2.37. The average molecular weight is 197 g/mol. The highest BCUT2D eigenvalue weighted by molar-refractivity contribution is 5.40. The summed E-state index contributed by atoms with van der Waals surface area (Å²) in [5, 5.41) is 0. The van der Waals surface area contributed by atoms with E-state index in [1.165, 1.54) is 0 Å². The fraction of sp³-hybridized carbons (Fsp3) is 0.700. The zero-order valence-corrected chi connectivity index (χ0v) is 9.37. The lowest BCUT2D eigenvalue weighted by atomic mass is 10.2. The Morgan fingerprint density at radius 2 is 1.93 bits per heavy atom. The maximum Gasteiger partial charge on any atom is 0.290 e. The fourth-order valence-electron chi connectivity index (χ4n) is 1.66. The molecule has 0 radical (unpaired) electrons. The van der Waals surface area contributed by atoms with Gasteiger partial charge in [0.2, 0.25) is 0 Å². The molecule has 0 unspecified atom stereocenters. The number of nitrogens with two attached hydrogens (primary N) is 1. The maximum atomic E-state index is 11.7. The second-order valence-electron chi connectivity index (χ2n) is 4.00. The van der Waals surface area contributed by atoms with Crippen LogP contribution in [0.25, 0.3) is 0 Å². The van der Waals surface area contributed by atoms with Gasteiger partial charge in [0.25, 0.3) is 5.56 Å². The molecule has 0 saturated heterocycles. The van der Waals surface area contributed by atoms with Gasteiger partial charge in [0, 0.05) is 13.1 Å². The Hall–Kier alpha value is -1.19. The summed E-state index contributed by atoms with van der Waals surface area (Å²) in [6.45, 7) is 9.59. The highest BCUT2D eigenvalue weighted by atomic mass is 16.1. The Balaban J connectivity index is 3.26. The van der Waals surface area contributed by atoms with E-state index in [1.807, 2.05) is 18.5 Å². The van der Waals surface area contributed by atoms with Crippen molar-refractivity contribution >= 4 is 5.69 Å². The van der Waals surface area contributed by atoms with Gasteiger partial charge in [0.05, 0.1) is 5.69 Å². The predicted octanol–water partition coefficient (Wildman–Crippen LogP) is 1.22. The van der Waals surface area contributed by atoms with Crippen molar-refractivity contribution in [3.63, 3.8) is 0 Å². The van der Waals surface area contributed by atoms with Gasteiger partial charge in [-0.2, -0.15) is 0 Å². The van der Waals surface area contributed by atoms with Crippen LogP contribution < -0.4 is 11.3 Å². The summed E-state index contributed by atoms with van der Waals surface area (Å²) in [7, 11) is 0. The summed E-state index contributed by atoms with van der Waals surface area (Å²) >= 11 is 0. The number of nitrogens with zero attached hydrogens (tertiary/aromatic N) is 2. The molecule has 0 aliphatic carbocycles. The summed E-state index contributed by atoms with van der Waals surface area (Å²) < 4.78 is 3.67. The van der Waals surface area contributed by atoms with E-state index in [1.54, 1.807) is 4.68 Å². The Labute approximate surface area is 84.3 Å². The van der Waals surface area contributed by atoms with Crippen molar-refractivity contribution in [1.29, 1.82) is 0 Å². The summed E-state index contributed by atoms with van der Waals surface area (Å²) in [4.78, 5) is 11.7. The summed E-state index contributed by atoms with van der Waals surface area (Å²) in [5.41, 5.74) is 6.90. The Kier molecular flexibility index (Phi) is 3.03. The summed E-state index contributed by atoms with van der Waals surface area (Å²) in [6.07, 6.45) is 0. The molecule has 0 amide bonds. The average Bonchev–Trinajstić information content (AvgIpc) is 2.31. The van der Waals surface area contributed by atoms with Crippen molar-refractivity contribution in [3.8, 4) is 0 Å². The van der Waals surface area contributed by atoms with Crippen LogP contribution in [-0.4, -0.2) is 9.36 Å². The lowest BCUT2D eigenvalue weighted by molar-refractivity contribution is 0.392. The number of hydrogen-bond acceptors (Lipinski definition) is 2. The second kappa shape index (κ2) is 3.90. The van der Waals surface area contributed by atoms with Gasteiger partial charge in [-0.3, -0.25) is 9.48 Å². The molecule has 14 heavy (non-hydrogen) atoms. The van der Waals surface area contributed by atoms with E-state index < -0.39 is 0 Å². The molecule has 0 atom stereocenters. The SMILES string of the molecule is CCn1c(C)c(N)c(=O)n1CC(C)C. The van der Waals surface area contributed by atoms with Crippen LogP contribution in [0.15, 0.2) is 4.79 Å². The summed E-state index contributed by atoms with van der Waals surface area (Å²) in [5.74, 6) is 0.451. The van der Waals surface area contributed by atoms with E-state index in [4.69, 9.17) is 5.73 Å². The molecule has 0 aliphatic heterocycles. The third-order valence-corrected chi connectivity index (χ3v) is 2.37. The van der Waals surface area contributed by atoms with Crippen molar-refractivity contribution < 1.29 is 0 Å². The maximum absolute atomic E-state index is 11.7. The van der Waals surface area contributed by atoms with Crippen LogP contribution in [0.2, 0.25) is 0 Å². The van der Waals surface area contributed by atoms with Crippen LogP contribution in [0.1, 0.15) is 26.5 Å². The molecule has 0 spiro atoms. The minimum atomic E-state index is -0.0574. The molecule has 0 aliphatic rings. The first kappa shape index (κ1) is 10.9. The predicted molar refractivity (Wildman–Crippen MR) is 58.4 cm³/mol. The third kappa shape index (κ3) is 1.69. The van der Waals surface area contributed by atoms with Crippen LogP contribution in [0.3, 0.4) is 0 Å². The van der Waals surface area contributed by atoms with Crippen LogP contribution in [-0.2, 0) is 13.1 Å². The largest absolute Gasteiger partial charge is 0.393 e. The topological polar surface area (TPSA) is 52.9 Å². The zero-order chi connectivity index (χ0) is 10.9. The molecule has 1 rings (SSSR count). The fourth-order valence-corrected chi connectivity index (χ4v) is 1.66. The minimum Gasteiger partial charge on any atom is -0.393 e. The molecular weight excluding hydrogens is 178 g/mol. The van der Waals surface area contributed by atoms with Crippen molar-refractivity contribution in [1.82, 2.24) is 9.36 Å². The van der Waals surface area contributed by atoms with Gasteiger partial charge in [0.15, 0.2) is 0 Å². The van der Waals surface area contributed by atoms with E-state index in [0.717, 1.165) is 18.8 Å². The molecule has 2 N–H and O–H groups in total. The van der Waals surface area contributed by atoms with Crippen molar-refractivity contribution in [2.75, 3.05) is 5.73 Å². The normalized spacial score (nSPS) is 11.2. The molecule has 0 fully saturated rings. The van der Waals surface area contributed by atoms with Gasteiger partial charge in [-0.15, -0.1) is 0 Å². The molecule has 0 saturated carbocycles. The first-order valence-corrected chi connectivity index (χ1v) is 5.04. The first-order valence-electron chi connectivity index (χ1n) is 5.04. The van der Waals surface area contributed by atoms with Crippen molar-refractivity contribution in [2.45, 2.75) is 40.8 Å². The number of hydrogen-bond donors (Lipinski definition) is 1. The molecule has 80 valence electrons. The van der Waals surface area contributed by atoms with Crippen LogP contribution in [0, 0.1) is 12.8 Å². The van der Waals surface area contributed by atoms with Gasteiger partial charge in [-0.05, 0) is 19.8 Å². The number of anilines is 1. The molecule has 0 bridgehead atoms. The molecule has 0 aromatic carbocycles. The Morgan fingerprint density at radius 1 is 1.36 bits per heavy atom. The number of rotatable bonds is 3. The lowest BCUT2D eigenvalue weighted by Crippen LogP contribution is -2.26.